The minimum atomic E-state index is -0.189. The Hall–Kier alpha value is -0.890. The lowest BCUT2D eigenvalue weighted by Gasteiger charge is -2.36. The number of guanidine groups is 1. The summed E-state index contributed by atoms with van der Waals surface area (Å²) in [6.07, 6.45) is 0.766. The van der Waals surface area contributed by atoms with Crippen LogP contribution in [0.4, 0.5) is 4.39 Å². The van der Waals surface area contributed by atoms with Crippen LogP contribution in [0.1, 0.15) is 19.4 Å². The van der Waals surface area contributed by atoms with E-state index >= 15 is 0 Å². The quantitative estimate of drug-likeness (QED) is 0.422. The van der Waals surface area contributed by atoms with Crippen LogP contribution in [0.25, 0.3) is 0 Å². The number of hydrogen-bond donors (Lipinski definition) is 2. The van der Waals surface area contributed by atoms with Gasteiger partial charge in [-0.2, -0.15) is 0 Å². The molecule has 0 spiro atoms. The number of ether oxygens (including phenoxy) is 1. The third-order valence-corrected chi connectivity index (χ3v) is 3.46. The molecule has 0 aromatic heterocycles. The van der Waals surface area contributed by atoms with Crippen molar-refractivity contribution in [2.45, 2.75) is 20.3 Å². The van der Waals surface area contributed by atoms with E-state index in [4.69, 9.17) is 4.74 Å². The molecule has 1 aromatic rings. The van der Waals surface area contributed by atoms with Crippen LogP contribution < -0.4 is 10.6 Å². The van der Waals surface area contributed by atoms with Gasteiger partial charge in [-0.05, 0) is 31.0 Å². The van der Waals surface area contributed by atoms with Crippen molar-refractivity contribution in [3.05, 3.63) is 35.6 Å². The molecule has 1 heterocycles. The van der Waals surface area contributed by atoms with Crippen LogP contribution in [0.15, 0.2) is 29.3 Å². The van der Waals surface area contributed by atoms with Crippen LogP contribution in [0.5, 0.6) is 0 Å². The summed E-state index contributed by atoms with van der Waals surface area (Å²) in [5.74, 6) is 0.619. The molecule has 22 heavy (non-hydrogen) atoms. The van der Waals surface area contributed by atoms with Gasteiger partial charge in [-0.25, -0.2) is 4.39 Å². The fraction of sp³-hybridized carbons (Fsp3) is 0.562. The van der Waals surface area contributed by atoms with E-state index in [1.165, 1.54) is 6.07 Å². The molecule has 0 amide bonds. The summed E-state index contributed by atoms with van der Waals surface area (Å²) in [6, 6.07) is 6.70. The zero-order valence-electron chi connectivity index (χ0n) is 13.2. The molecule has 1 aliphatic heterocycles. The Bertz CT molecular complexity index is 492. The summed E-state index contributed by atoms with van der Waals surface area (Å²) in [7, 11) is 0. The summed E-state index contributed by atoms with van der Waals surface area (Å²) >= 11 is 0. The zero-order chi connectivity index (χ0) is 15.1. The lowest BCUT2D eigenvalue weighted by Crippen LogP contribution is -2.44. The second kappa shape index (κ2) is 9.29. The largest absolute Gasteiger partial charge is 0.380 e. The van der Waals surface area contributed by atoms with Crippen LogP contribution in [0.2, 0.25) is 0 Å². The van der Waals surface area contributed by atoms with Crippen molar-refractivity contribution in [2.75, 3.05) is 32.8 Å². The van der Waals surface area contributed by atoms with Gasteiger partial charge in [0.2, 0.25) is 0 Å². The van der Waals surface area contributed by atoms with Crippen molar-refractivity contribution in [3.8, 4) is 0 Å². The monoisotopic (exact) mass is 421 g/mol. The molecule has 6 heteroatoms. The van der Waals surface area contributed by atoms with Crippen LogP contribution in [-0.4, -0.2) is 38.8 Å². The van der Waals surface area contributed by atoms with Crippen molar-refractivity contribution < 1.29 is 9.13 Å². The van der Waals surface area contributed by atoms with E-state index in [1.807, 2.05) is 13.0 Å². The first-order valence-corrected chi connectivity index (χ1v) is 7.46. The maximum absolute atomic E-state index is 13.1. The molecule has 1 fully saturated rings. The van der Waals surface area contributed by atoms with Crippen LogP contribution in [0, 0.1) is 11.2 Å². The van der Waals surface area contributed by atoms with Crippen molar-refractivity contribution in [1.29, 1.82) is 0 Å². The minimum Gasteiger partial charge on any atom is -0.380 e. The minimum absolute atomic E-state index is 0. The molecule has 0 atom stereocenters. The lowest BCUT2D eigenvalue weighted by molar-refractivity contribution is -0.0945. The average Bonchev–Trinajstić information content (AvgIpc) is 2.43. The molecule has 0 saturated carbocycles. The molecule has 2 N–H and O–H groups in total. The molecular formula is C16H25FIN3O. The summed E-state index contributed by atoms with van der Waals surface area (Å²) in [6.45, 7) is 8.07. The third kappa shape index (κ3) is 6.08. The summed E-state index contributed by atoms with van der Waals surface area (Å²) in [4.78, 5) is 4.60. The Morgan fingerprint density at radius 2 is 2.14 bits per heavy atom. The molecule has 0 unspecified atom stereocenters. The average molecular weight is 421 g/mol. The Kier molecular flexibility index (Phi) is 8.09. The van der Waals surface area contributed by atoms with Gasteiger partial charge >= 0.3 is 0 Å². The van der Waals surface area contributed by atoms with Crippen molar-refractivity contribution in [2.24, 2.45) is 10.4 Å². The molecular weight excluding hydrogens is 396 g/mol. The molecule has 1 saturated heterocycles. The highest BCUT2D eigenvalue weighted by Gasteiger charge is 2.33. The van der Waals surface area contributed by atoms with E-state index in [1.54, 1.807) is 12.1 Å². The Morgan fingerprint density at radius 1 is 1.36 bits per heavy atom. The van der Waals surface area contributed by atoms with Gasteiger partial charge in [0.25, 0.3) is 0 Å². The van der Waals surface area contributed by atoms with Crippen LogP contribution in [0.3, 0.4) is 0 Å². The Balaban J connectivity index is 0.00000242. The van der Waals surface area contributed by atoms with Crippen LogP contribution in [-0.2, 0) is 11.2 Å². The van der Waals surface area contributed by atoms with Crippen molar-refractivity contribution in [1.82, 2.24) is 10.6 Å². The molecule has 0 bridgehead atoms. The van der Waals surface area contributed by atoms with Crippen molar-refractivity contribution in [3.63, 3.8) is 0 Å². The van der Waals surface area contributed by atoms with Gasteiger partial charge in [0.15, 0.2) is 5.96 Å². The number of benzene rings is 1. The van der Waals surface area contributed by atoms with E-state index in [0.717, 1.165) is 50.8 Å². The number of rotatable bonds is 6. The first-order chi connectivity index (χ1) is 10.1. The van der Waals surface area contributed by atoms with Gasteiger partial charge in [-0.1, -0.05) is 19.1 Å². The van der Waals surface area contributed by atoms with Gasteiger partial charge in [0.05, 0.1) is 19.8 Å². The fourth-order valence-electron chi connectivity index (χ4n) is 2.17. The smallest absolute Gasteiger partial charge is 0.191 e. The van der Waals surface area contributed by atoms with Crippen molar-refractivity contribution >= 4 is 29.9 Å². The number of halogens is 2. The normalized spacial score (nSPS) is 16.4. The molecule has 124 valence electrons. The summed E-state index contributed by atoms with van der Waals surface area (Å²) in [5, 5.41) is 6.51. The van der Waals surface area contributed by atoms with E-state index in [9.17, 15) is 4.39 Å². The third-order valence-electron chi connectivity index (χ3n) is 3.46. The zero-order valence-corrected chi connectivity index (χ0v) is 15.5. The number of nitrogens with zero attached hydrogens (tertiary/aromatic N) is 1. The second-order valence-electron chi connectivity index (χ2n) is 5.81. The van der Waals surface area contributed by atoms with Gasteiger partial charge in [-0.15, -0.1) is 24.0 Å². The van der Waals surface area contributed by atoms with Gasteiger partial charge in [0.1, 0.15) is 5.82 Å². The predicted molar refractivity (Wildman–Crippen MR) is 98.4 cm³/mol. The van der Waals surface area contributed by atoms with E-state index in [-0.39, 0.29) is 35.2 Å². The van der Waals surface area contributed by atoms with Gasteiger partial charge < -0.3 is 15.4 Å². The highest BCUT2D eigenvalue weighted by atomic mass is 127. The highest BCUT2D eigenvalue weighted by molar-refractivity contribution is 14.0. The molecule has 1 aromatic carbocycles. The first-order valence-electron chi connectivity index (χ1n) is 7.46. The fourth-order valence-corrected chi connectivity index (χ4v) is 2.17. The standard InChI is InChI=1S/C16H24FN3O.HI/c1-3-18-15(20-10-16(2)11-21-12-16)19-8-7-13-5-4-6-14(17)9-13;/h4-6,9H,3,7-8,10-12H2,1-2H3,(H2,18,19,20);1H. The molecule has 0 radical (unpaired) electrons. The summed E-state index contributed by atoms with van der Waals surface area (Å²) < 4.78 is 18.3. The second-order valence-corrected chi connectivity index (χ2v) is 5.81. The molecule has 2 rings (SSSR count). The van der Waals surface area contributed by atoms with Gasteiger partial charge in [0, 0.05) is 18.5 Å². The van der Waals surface area contributed by atoms with Gasteiger partial charge in [-0.3, -0.25) is 4.99 Å². The van der Waals surface area contributed by atoms with E-state index in [0.29, 0.717) is 0 Å². The molecule has 0 aliphatic carbocycles. The molecule has 1 aliphatic rings. The first kappa shape index (κ1) is 19.2. The Morgan fingerprint density at radius 3 is 2.73 bits per heavy atom. The lowest BCUT2D eigenvalue weighted by atomic mass is 9.89. The van der Waals surface area contributed by atoms with E-state index < -0.39 is 0 Å². The highest BCUT2D eigenvalue weighted by Crippen LogP contribution is 2.26. The maximum atomic E-state index is 13.1. The SMILES string of the molecule is CCNC(=NCC1(C)COC1)NCCc1cccc(F)c1.I. The number of aliphatic imine (C=N–C) groups is 1. The van der Waals surface area contributed by atoms with Crippen LogP contribution >= 0.6 is 24.0 Å². The topological polar surface area (TPSA) is 45.7 Å². The van der Waals surface area contributed by atoms with E-state index in [2.05, 4.69) is 22.5 Å². The maximum Gasteiger partial charge on any atom is 0.191 e. The molecule has 4 nitrogen and oxygen atoms in total. The summed E-state index contributed by atoms with van der Waals surface area (Å²) in [5.41, 5.74) is 1.16. The number of hydrogen-bond acceptors (Lipinski definition) is 2. The Labute approximate surface area is 148 Å². The predicted octanol–water partition coefficient (Wildman–Crippen LogP) is 2.58. The number of nitrogens with one attached hydrogen (secondary N) is 2.